The molecule has 0 saturated heterocycles. The molecule has 0 atom stereocenters. The largest absolute Gasteiger partial charge is 0.497 e. The first-order valence-corrected chi connectivity index (χ1v) is 10.0. The van der Waals surface area contributed by atoms with Gasteiger partial charge in [-0.2, -0.15) is 0 Å². The maximum Gasteiger partial charge on any atom is 0.178 e. The Labute approximate surface area is 180 Å². The van der Waals surface area contributed by atoms with Gasteiger partial charge >= 0.3 is 0 Å². The lowest BCUT2D eigenvalue weighted by Gasteiger charge is -2.36. The Kier molecular flexibility index (Phi) is 4.63. The molecule has 0 fully saturated rings. The fraction of sp³-hybridized carbons (Fsp3) is 0.111. The van der Waals surface area contributed by atoms with E-state index in [0.29, 0.717) is 11.1 Å². The molecule has 1 heterocycles. The summed E-state index contributed by atoms with van der Waals surface area (Å²) in [5.74, 6) is 1.74. The topological polar surface area (TPSA) is 27.7 Å². The van der Waals surface area contributed by atoms with Crippen molar-refractivity contribution in [2.75, 3.05) is 14.2 Å². The van der Waals surface area contributed by atoms with Gasteiger partial charge in [0.25, 0.3) is 0 Å². The van der Waals surface area contributed by atoms with Crippen LogP contribution in [0.25, 0.3) is 16.8 Å². The lowest BCUT2D eigenvalue weighted by Crippen LogP contribution is -2.34. The molecule has 31 heavy (non-hydrogen) atoms. The molecule has 0 N–H and O–H groups in total. The van der Waals surface area contributed by atoms with Gasteiger partial charge in [-0.1, -0.05) is 54.6 Å². The van der Waals surface area contributed by atoms with E-state index in [1.807, 2.05) is 78.9 Å². The zero-order valence-corrected chi connectivity index (χ0v) is 17.3. The van der Waals surface area contributed by atoms with Crippen LogP contribution < -0.4 is 14.2 Å². The summed E-state index contributed by atoms with van der Waals surface area (Å²) in [7, 11) is 3.27. The molecule has 1 aliphatic rings. The molecule has 4 aromatic carbocycles. The summed E-state index contributed by atoms with van der Waals surface area (Å²) >= 11 is 0. The van der Waals surface area contributed by atoms with Crippen molar-refractivity contribution < 1.29 is 18.6 Å². The Hall–Kier alpha value is -3.79. The summed E-state index contributed by atoms with van der Waals surface area (Å²) in [5.41, 5.74) is 1.74. The third-order valence-electron chi connectivity index (χ3n) is 5.78. The van der Waals surface area contributed by atoms with Crippen molar-refractivity contribution in [2.24, 2.45) is 0 Å². The monoisotopic (exact) mass is 412 g/mol. The maximum absolute atomic E-state index is 14.9. The van der Waals surface area contributed by atoms with Crippen molar-refractivity contribution in [1.29, 1.82) is 0 Å². The third kappa shape index (κ3) is 3.12. The van der Waals surface area contributed by atoms with Gasteiger partial charge in [0.1, 0.15) is 23.1 Å². The molecule has 0 saturated carbocycles. The highest BCUT2D eigenvalue weighted by Crippen LogP contribution is 2.46. The van der Waals surface area contributed by atoms with Crippen molar-refractivity contribution in [3.05, 3.63) is 107 Å². The minimum absolute atomic E-state index is 0.303. The highest BCUT2D eigenvalue weighted by molar-refractivity contribution is 5.93. The number of benzene rings is 4. The van der Waals surface area contributed by atoms with E-state index < -0.39 is 5.60 Å². The fourth-order valence-corrected chi connectivity index (χ4v) is 4.12. The van der Waals surface area contributed by atoms with Crippen LogP contribution in [0.15, 0.2) is 84.9 Å². The molecular formula is C27H21FO3. The second-order valence-corrected chi connectivity index (χ2v) is 7.45. The first kappa shape index (κ1) is 19.2. The Bertz CT molecular complexity index is 1230. The van der Waals surface area contributed by atoms with Crippen LogP contribution >= 0.6 is 0 Å². The predicted molar refractivity (Wildman–Crippen MR) is 120 cm³/mol. The summed E-state index contributed by atoms with van der Waals surface area (Å²) in [5, 5.41) is 1.28. The number of fused-ring (bicyclic) bond motifs is 3. The van der Waals surface area contributed by atoms with Gasteiger partial charge in [-0.3, -0.25) is 0 Å². The molecule has 0 amide bonds. The molecular weight excluding hydrogens is 391 g/mol. The molecule has 5 rings (SSSR count). The number of hydrogen-bond acceptors (Lipinski definition) is 3. The van der Waals surface area contributed by atoms with Crippen LogP contribution in [0, 0.1) is 5.82 Å². The number of halogens is 1. The molecule has 0 spiro atoms. The third-order valence-corrected chi connectivity index (χ3v) is 5.78. The summed E-state index contributed by atoms with van der Waals surface area (Å²) in [4.78, 5) is 0. The van der Waals surface area contributed by atoms with E-state index in [9.17, 15) is 4.39 Å². The van der Waals surface area contributed by atoms with Gasteiger partial charge in [-0.05, 0) is 41.8 Å². The minimum Gasteiger partial charge on any atom is -0.497 e. The lowest BCUT2D eigenvalue weighted by molar-refractivity contribution is 0.163. The predicted octanol–water partition coefficient (Wildman–Crippen LogP) is 6.35. The normalized spacial score (nSPS) is 14.0. The summed E-state index contributed by atoms with van der Waals surface area (Å²) in [6, 6.07) is 24.4. The molecule has 4 heteroatoms. The van der Waals surface area contributed by atoms with E-state index in [2.05, 4.69) is 0 Å². The first-order valence-electron chi connectivity index (χ1n) is 10.0. The van der Waals surface area contributed by atoms with Crippen LogP contribution in [0.4, 0.5) is 4.39 Å². The standard InChI is InChI=1S/C27H21FO3/c1-29-22-12-8-20(9-13-22)27(21-10-14-23(30-2)15-11-21)17-16-19-7-6-18-4-3-5-24(28)25(18)26(19)31-27/h3-17H,1-2H3. The van der Waals surface area contributed by atoms with Gasteiger partial charge in [0.15, 0.2) is 5.60 Å². The van der Waals surface area contributed by atoms with Crippen LogP contribution in [0.5, 0.6) is 17.2 Å². The van der Waals surface area contributed by atoms with Crippen LogP contribution in [0.3, 0.4) is 0 Å². The lowest BCUT2D eigenvalue weighted by atomic mass is 9.83. The number of rotatable bonds is 4. The highest BCUT2D eigenvalue weighted by Gasteiger charge is 2.38. The Morgan fingerprint density at radius 3 is 1.94 bits per heavy atom. The zero-order chi connectivity index (χ0) is 21.4. The molecule has 1 aliphatic heterocycles. The molecule has 4 aromatic rings. The average Bonchev–Trinajstić information content (AvgIpc) is 2.83. The first-order chi connectivity index (χ1) is 15.1. The van der Waals surface area contributed by atoms with E-state index >= 15 is 0 Å². The summed E-state index contributed by atoms with van der Waals surface area (Å²) in [6.07, 6.45) is 4.02. The van der Waals surface area contributed by atoms with Gasteiger partial charge in [0, 0.05) is 16.7 Å². The van der Waals surface area contributed by atoms with Gasteiger partial charge < -0.3 is 14.2 Å². The Morgan fingerprint density at radius 2 is 1.35 bits per heavy atom. The van der Waals surface area contributed by atoms with E-state index in [1.165, 1.54) is 6.07 Å². The molecule has 154 valence electrons. The van der Waals surface area contributed by atoms with Gasteiger partial charge in [0.05, 0.1) is 19.6 Å². The SMILES string of the molecule is COc1ccc(C2(c3ccc(OC)cc3)C=Cc3ccc4cccc(F)c4c3O2)cc1. The Morgan fingerprint density at radius 1 is 0.742 bits per heavy atom. The highest BCUT2D eigenvalue weighted by atomic mass is 19.1. The number of hydrogen-bond donors (Lipinski definition) is 0. The molecule has 0 unspecified atom stereocenters. The average molecular weight is 412 g/mol. The molecule has 0 aromatic heterocycles. The maximum atomic E-state index is 14.9. The van der Waals surface area contributed by atoms with Crippen LogP contribution in [0.2, 0.25) is 0 Å². The molecule has 0 aliphatic carbocycles. The summed E-state index contributed by atoms with van der Waals surface area (Å²) in [6.45, 7) is 0. The van der Waals surface area contributed by atoms with Crippen molar-refractivity contribution >= 4 is 16.8 Å². The van der Waals surface area contributed by atoms with Crippen molar-refractivity contribution in [3.63, 3.8) is 0 Å². The minimum atomic E-state index is -0.928. The van der Waals surface area contributed by atoms with Crippen LogP contribution in [-0.2, 0) is 5.60 Å². The van der Waals surface area contributed by atoms with E-state index in [0.717, 1.165) is 33.6 Å². The van der Waals surface area contributed by atoms with Crippen molar-refractivity contribution in [1.82, 2.24) is 0 Å². The van der Waals surface area contributed by atoms with Crippen LogP contribution in [0.1, 0.15) is 16.7 Å². The number of ether oxygens (including phenoxy) is 3. The molecule has 3 nitrogen and oxygen atoms in total. The van der Waals surface area contributed by atoms with Gasteiger partial charge in [-0.25, -0.2) is 4.39 Å². The fourth-order valence-electron chi connectivity index (χ4n) is 4.12. The molecule has 0 radical (unpaired) electrons. The van der Waals surface area contributed by atoms with Crippen molar-refractivity contribution in [3.8, 4) is 17.2 Å². The second kappa shape index (κ2) is 7.47. The van der Waals surface area contributed by atoms with Gasteiger partial charge in [-0.15, -0.1) is 0 Å². The van der Waals surface area contributed by atoms with E-state index in [-0.39, 0.29) is 5.82 Å². The zero-order valence-electron chi connectivity index (χ0n) is 17.3. The van der Waals surface area contributed by atoms with Gasteiger partial charge in [0.2, 0.25) is 0 Å². The van der Waals surface area contributed by atoms with E-state index in [1.54, 1.807) is 20.3 Å². The quantitative estimate of drug-likeness (QED) is 0.391. The van der Waals surface area contributed by atoms with Crippen molar-refractivity contribution in [2.45, 2.75) is 5.60 Å². The Balaban J connectivity index is 1.74. The number of methoxy groups -OCH3 is 2. The van der Waals surface area contributed by atoms with Crippen LogP contribution in [-0.4, -0.2) is 14.2 Å². The van der Waals surface area contributed by atoms with E-state index in [4.69, 9.17) is 14.2 Å². The smallest absolute Gasteiger partial charge is 0.178 e. The summed E-state index contributed by atoms with van der Waals surface area (Å²) < 4.78 is 32.3. The molecule has 0 bridgehead atoms. The second-order valence-electron chi connectivity index (χ2n) is 7.45.